The molecule has 6 fully saturated rings. The van der Waals surface area contributed by atoms with E-state index in [4.69, 9.17) is 57.6 Å². The molecule has 0 aliphatic carbocycles. The van der Waals surface area contributed by atoms with Gasteiger partial charge in [0, 0.05) is 59.4 Å². The van der Waals surface area contributed by atoms with Gasteiger partial charge in [-0.15, -0.1) is 0 Å². The number of hydrogen-bond acceptors (Lipinski definition) is 18. The molecule has 6 aliphatic heterocycles. The summed E-state index contributed by atoms with van der Waals surface area (Å²) >= 11 is 0. The summed E-state index contributed by atoms with van der Waals surface area (Å²) in [6.45, 7) is 15.6. The van der Waals surface area contributed by atoms with Crippen LogP contribution >= 0.6 is 0 Å². The van der Waals surface area contributed by atoms with Crippen LogP contribution in [0, 0.1) is 6.92 Å². The van der Waals surface area contributed by atoms with Crippen LogP contribution in [0.3, 0.4) is 0 Å². The molecule has 6 saturated heterocycles. The third kappa shape index (κ3) is 7.41. The van der Waals surface area contributed by atoms with E-state index in [1.807, 2.05) is 31.2 Å². The lowest BCUT2D eigenvalue weighted by Crippen LogP contribution is -2.82. The van der Waals surface area contributed by atoms with E-state index in [9.17, 15) is 19.2 Å². The van der Waals surface area contributed by atoms with Gasteiger partial charge in [0.1, 0.15) is 0 Å². The van der Waals surface area contributed by atoms with E-state index in [1.165, 1.54) is 19.2 Å². The zero-order chi connectivity index (χ0) is 44.2. The van der Waals surface area contributed by atoms with Gasteiger partial charge >= 0.3 is 89.0 Å². The van der Waals surface area contributed by atoms with Crippen LogP contribution in [-0.2, 0) is 64.7 Å². The summed E-state index contributed by atoms with van der Waals surface area (Å²) in [5.41, 5.74) is -1.13. The van der Waals surface area contributed by atoms with Gasteiger partial charge in [-0.25, -0.2) is 4.57 Å². The predicted octanol–water partition coefficient (Wildman–Crippen LogP) is 0.688. The van der Waals surface area contributed by atoms with Crippen LogP contribution in [-0.4, -0.2) is 98.1 Å². The van der Waals surface area contributed by atoms with Gasteiger partial charge in [0.2, 0.25) is 0 Å². The second-order valence-electron chi connectivity index (χ2n) is 16.4. The van der Waals surface area contributed by atoms with E-state index in [1.54, 1.807) is 76.6 Å². The van der Waals surface area contributed by atoms with Gasteiger partial charge in [-0.2, -0.15) is 0 Å². The molecule has 4 atom stereocenters. The smallest absolute Gasteiger partial charge is 0.390 e. The normalized spacial score (nSPS) is 37.9. The molecule has 0 spiro atoms. The summed E-state index contributed by atoms with van der Waals surface area (Å²) in [6.07, 6.45) is 0. The Kier molecular flexibility index (Phi) is 9.83. The van der Waals surface area contributed by atoms with Crippen molar-refractivity contribution in [3.05, 3.63) is 108 Å². The molecule has 62 heavy (non-hydrogen) atoms. The Labute approximate surface area is 365 Å². The van der Waals surface area contributed by atoms with Gasteiger partial charge in [-0.1, -0.05) is 42.0 Å². The highest BCUT2D eigenvalue weighted by Crippen LogP contribution is 2.44. The Morgan fingerprint density at radius 1 is 0.403 bits per heavy atom. The standard InChI is InChI=1S/C32H40N2O18Si10/c1-21-11-15-23(16-12-21)53-39-55(3)43-59(7)47-57(5)41-54(42-58(6)49-61(9,51-59)45-56(4,40-53)46-62(10,50-58)52-60(8,44-55)48-57)24-17-13-22(14-18-24)34-31(37)27-19-25-26(20-28(27)32(34)38)30(36)33(2)29(25)35/h11-20H,1-10H3. The lowest BCUT2D eigenvalue weighted by molar-refractivity contribution is 0.0175. The number of nitrogens with zero attached hydrogens (tertiary/aromatic N) is 2. The second kappa shape index (κ2) is 14.0. The van der Waals surface area contributed by atoms with Gasteiger partial charge in [-0.3, -0.25) is 23.7 Å². The molecule has 2 aromatic heterocycles. The van der Waals surface area contributed by atoms with E-state index in [2.05, 4.69) is 0 Å². The Morgan fingerprint density at radius 3 is 1.00 bits per heavy atom. The van der Waals surface area contributed by atoms with E-state index in [-0.39, 0.29) is 27.2 Å². The fourth-order valence-electron chi connectivity index (χ4n) is 8.58. The van der Waals surface area contributed by atoms with Crippen molar-refractivity contribution in [1.29, 1.82) is 0 Å². The zero-order valence-corrected chi connectivity index (χ0v) is 45.0. The Morgan fingerprint density at radius 2 is 0.677 bits per heavy atom. The van der Waals surface area contributed by atoms with Gasteiger partial charge < -0.3 is 57.6 Å². The molecule has 326 valence electrons. The summed E-state index contributed by atoms with van der Waals surface area (Å²) < 4.78 is 99.0. The van der Waals surface area contributed by atoms with E-state index in [0.29, 0.717) is 5.19 Å². The van der Waals surface area contributed by atoms with Gasteiger partial charge in [0.05, 0.1) is 27.2 Å². The summed E-state index contributed by atoms with van der Waals surface area (Å²) in [5.74, 6) is 0. The minimum absolute atomic E-state index is 0.0166. The first-order chi connectivity index (χ1) is 28.8. The lowest BCUT2D eigenvalue weighted by Gasteiger charge is -2.56. The van der Waals surface area contributed by atoms with Crippen LogP contribution in [0.5, 0.6) is 0 Å². The first-order valence-corrected chi connectivity index (χ1v) is 39.8. The predicted molar refractivity (Wildman–Crippen MR) is 237 cm³/mol. The topological polar surface area (TPSA) is 207 Å². The molecular formula is C32H40N2O18Si10. The van der Waals surface area contributed by atoms with Crippen LogP contribution < -0.4 is 32.6 Å². The molecule has 4 unspecified atom stereocenters. The number of benzene rings is 3. The molecular weight excluding hydrogens is 981 g/mol. The van der Waals surface area contributed by atoms with Gasteiger partial charge in [0.25, 0.3) is 22.2 Å². The van der Waals surface area contributed by atoms with Gasteiger partial charge in [-0.05, 0) is 41.6 Å². The molecule has 0 N–H and O–H groups in total. The largest absolute Gasteiger partial charge is 0.475 e. The second-order valence-corrected chi connectivity index (χ2v) is 43.9. The van der Waals surface area contributed by atoms with Crippen molar-refractivity contribution in [3.63, 3.8) is 0 Å². The molecule has 6 aliphatic rings. The van der Waals surface area contributed by atoms with Crippen LogP contribution in [0.1, 0.15) is 5.56 Å². The SMILES string of the molecule is Cc1ccc([Si]2O[Si]3(C)O[Si]4(C)O[Si]5(C)O[Si](c6ccc(-n7c(=O)c8cc9c(=O)n(C)c(=O)c9cc8c7=O)cc6)O[Si]6(C)O[Si](C)(O[Si](C)(O2)O[Si](C)(O6)O[Si](C)(O3)O5)O4)cc1. The average Bonchev–Trinajstić information content (AvgIpc) is 3.49. The first kappa shape index (κ1) is 43.4. The maximum Gasteiger partial charge on any atom is 0.475 e. The summed E-state index contributed by atoms with van der Waals surface area (Å²) in [5, 5.41) is 1.42. The lowest BCUT2D eigenvalue weighted by atomic mass is 10.1. The highest BCUT2D eigenvalue weighted by molar-refractivity contribution is 7.00. The van der Waals surface area contributed by atoms with Gasteiger partial charge in [0.15, 0.2) is 0 Å². The van der Waals surface area contributed by atoms with E-state index in [0.717, 1.165) is 19.9 Å². The van der Waals surface area contributed by atoms with Crippen LogP contribution in [0.25, 0.3) is 27.2 Å². The van der Waals surface area contributed by atoms with Crippen molar-refractivity contribution in [2.45, 2.75) is 59.3 Å². The maximum atomic E-state index is 13.8. The third-order valence-electron chi connectivity index (χ3n) is 10.6. The highest BCUT2D eigenvalue weighted by atomic mass is 28.6. The average molecular weight is 1020 g/mol. The number of fused-ring (bicyclic) bond motifs is 6. The number of aromatic nitrogens is 2. The molecule has 20 nitrogen and oxygen atoms in total. The fourth-order valence-corrected chi connectivity index (χ4v) is 57.8. The van der Waals surface area contributed by atoms with Crippen molar-refractivity contribution in [1.82, 2.24) is 9.13 Å². The molecule has 30 heteroatoms. The summed E-state index contributed by atoms with van der Waals surface area (Å²) in [6, 6.07) is 16.8. The van der Waals surface area contributed by atoms with E-state index < -0.39 is 111 Å². The first-order valence-electron chi connectivity index (χ1n) is 19.4. The molecule has 0 amide bonds. The minimum Gasteiger partial charge on any atom is -0.390 e. The van der Waals surface area contributed by atoms with Crippen molar-refractivity contribution in [2.75, 3.05) is 0 Å². The van der Waals surface area contributed by atoms with Crippen LogP contribution in [0.2, 0.25) is 52.4 Å². The Bertz CT molecular complexity index is 2730. The van der Waals surface area contributed by atoms with Crippen molar-refractivity contribution in [2.24, 2.45) is 7.05 Å². The molecule has 11 rings (SSSR count). The highest BCUT2D eigenvalue weighted by Gasteiger charge is 2.74. The van der Waals surface area contributed by atoms with E-state index >= 15 is 0 Å². The van der Waals surface area contributed by atoms with Crippen LogP contribution in [0.15, 0.2) is 79.8 Å². The van der Waals surface area contributed by atoms with Crippen LogP contribution in [0.4, 0.5) is 0 Å². The Balaban J connectivity index is 1.09. The monoisotopic (exact) mass is 1020 g/mol. The number of aryl methyl sites for hydroxylation is 1. The third-order valence-corrected chi connectivity index (χ3v) is 50.7. The summed E-state index contributed by atoms with van der Waals surface area (Å²) in [7, 11) is -36.2. The summed E-state index contributed by atoms with van der Waals surface area (Å²) in [4.78, 5) is 53.0. The molecule has 3 aromatic carbocycles. The quantitative estimate of drug-likeness (QED) is 0.228. The molecule has 8 bridgehead atoms. The number of hydrogen-bond donors (Lipinski definition) is 0. The zero-order valence-electron chi connectivity index (χ0n) is 35.0. The molecule has 2 radical (unpaired) electrons. The van der Waals surface area contributed by atoms with Crippen molar-refractivity contribution >= 4 is 121 Å². The molecule has 0 saturated carbocycles. The maximum absolute atomic E-state index is 13.8. The number of rotatable bonds is 3. The Hall–Kier alpha value is -2.45. The molecule has 5 aromatic rings. The van der Waals surface area contributed by atoms with Crippen molar-refractivity contribution < 1.29 is 57.6 Å². The minimum atomic E-state index is -4.07. The van der Waals surface area contributed by atoms with Crippen molar-refractivity contribution in [3.8, 4) is 5.69 Å². The molecule has 8 heterocycles. The fraction of sp³-hybridized carbons (Fsp3) is 0.312.